The van der Waals surface area contributed by atoms with Crippen molar-refractivity contribution in [2.24, 2.45) is 0 Å². The summed E-state index contributed by atoms with van der Waals surface area (Å²) in [7, 11) is 0. The van der Waals surface area contributed by atoms with Crippen molar-refractivity contribution in [3.63, 3.8) is 0 Å². The van der Waals surface area contributed by atoms with Crippen LogP contribution in [-0.2, 0) is 19.3 Å². The van der Waals surface area contributed by atoms with Gasteiger partial charge in [0.25, 0.3) is 0 Å². The van der Waals surface area contributed by atoms with Crippen molar-refractivity contribution >= 4 is 17.8 Å². The summed E-state index contributed by atoms with van der Waals surface area (Å²) < 4.78 is 0. The highest BCUT2D eigenvalue weighted by Gasteiger charge is 2.27. The molecule has 0 saturated carbocycles. The highest BCUT2D eigenvalue weighted by molar-refractivity contribution is 6.01. The fourth-order valence-electron chi connectivity index (χ4n) is 1.63. The topological polar surface area (TPSA) is 83.9 Å². The van der Waals surface area contributed by atoms with E-state index in [0.717, 1.165) is 0 Å². The molecule has 2 amide bonds. The first-order valence-corrected chi connectivity index (χ1v) is 5.32. The second-order valence-corrected chi connectivity index (χ2v) is 3.71. The number of hydrogen-bond donors (Lipinski definition) is 1. The van der Waals surface area contributed by atoms with Crippen molar-refractivity contribution in [2.45, 2.75) is 38.5 Å². The van der Waals surface area contributed by atoms with Crippen LogP contribution in [0, 0.1) is 0 Å². The number of carbonyl (C=O) groups is 3. The Morgan fingerprint density at radius 1 is 1.19 bits per heavy atom. The van der Waals surface area contributed by atoms with E-state index < -0.39 is 5.97 Å². The molecular weight excluding hydrogens is 214 g/mol. The number of amides is 2. The number of carbonyl (C=O) groups excluding carboxylic acids is 3. The smallest absolute Gasteiger partial charge is 0.301 e. The van der Waals surface area contributed by atoms with E-state index in [2.05, 4.69) is 4.89 Å². The molecule has 0 atom stereocenters. The van der Waals surface area contributed by atoms with Crippen LogP contribution in [0.2, 0.25) is 0 Å². The molecule has 0 bridgehead atoms. The molecule has 0 aromatic carbocycles. The van der Waals surface area contributed by atoms with E-state index in [1.165, 1.54) is 4.90 Å². The molecule has 6 heteroatoms. The normalized spacial score (nSPS) is 15.7. The zero-order chi connectivity index (χ0) is 12.0. The van der Waals surface area contributed by atoms with E-state index in [1.807, 2.05) is 0 Å². The molecule has 1 saturated heterocycles. The summed E-state index contributed by atoms with van der Waals surface area (Å²) in [4.78, 5) is 37.7. The highest BCUT2D eigenvalue weighted by atomic mass is 17.1. The Labute approximate surface area is 93.1 Å². The van der Waals surface area contributed by atoms with Crippen LogP contribution in [0.5, 0.6) is 0 Å². The molecule has 1 fully saturated rings. The van der Waals surface area contributed by atoms with Gasteiger partial charge >= 0.3 is 5.97 Å². The van der Waals surface area contributed by atoms with Crippen LogP contribution >= 0.6 is 0 Å². The number of hydrogen-bond acceptors (Lipinski definition) is 5. The molecule has 0 radical (unpaired) electrons. The fourth-order valence-corrected chi connectivity index (χ4v) is 1.63. The molecule has 0 aromatic rings. The Morgan fingerprint density at radius 3 is 2.38 bits per heavy atom. The molecule has 1 rings (SSSR count). The summed E-state index contributed by atoms with van der Waals surface area (Å²) in [6, 6.07) is 0. The van der Waals surface area contributed by atoms with Gasteiger partial charge in [0.15, 0.2) is 0 Å². The molecule has 0 aromatic heterocycles. The molecule has 1 aliphatic rings. The molecule has 6 nitrogen and oxygen atoms in total. The third kappa shape index (κ3) is 3.62. The molecule has 1 N–H and O–H groups in total. The first-order valence-electron chi connectivity index (χ1n) is 5.32. The largest absolute Gasteiger partial charge is 0.342 e. The third-order valence-corrected chi connectivity index (χ3v) is 2.52. The second-order valence-electron chi connectivity index (χ2n) is 3.71. The average molecular weight is 229 g/mol. The summed E-state index contributed by atoms with van der Waals surface area (Å²) in [6.07, 6.45) is 2.75. The van der Waals surface area contributed by atoms with Crippen LogP contribution in [-0.4, -0.2) is 34.5 Å². The minimum absolute atomic E-state index is 0.111. The number of unbranched alkanes of at least 4 members (excludes halogenated alkanes) is 2. The van der Waals surface area contributed by atoms with Gasteiger partial charge in [-0.3, -0.25) is 14.5 Å². The molecule has 0 unspecified atom stereocenters. The highest BCUT2D eigenvalue weighted by Crippen LogP contribution is 2.13. The van der Waals surface area contributed by atoms with Crippen molar-refractivity contribution in [3.05, 3.63) is 0 Å². The SMILES string of the molecule is O=C(CCCCCN1C(=O)CCC1=O)OO. The maximum absolute atomic E-state index is 11.2. The van der Waals surface area contributed by atoms with Crippen LogP contribution in [0.4, 0.5) is 0 Å². The van der Waals surface area contributed by atoms with Crippen LogP contribution in [0.25, 0.3) is 0 Å². The molecule has 1 heterocycles. The van der Waals surface area contributed by atoms with Crippen molar-refractivity contribution in [2.75, 3.05) is 6.54 Å². The van der Waals surface area contributed by atoms with Crippen molar-refractivity contribution in [1.82, 2.24) is 4.90 Å². The Hall–Kier alpha value is -1.43. The van der Waals surface area contributed by atoms with Gasteiger partial charge in [0.2, 0.25) is 11.8 Å². The molecular formula is C10H15NO5. The van der Waals surface area contributed by atoms with E-state index in [0.29, 0.717) is 38.6 Å². The average Bonchev–Trinajstić information content (AvgIpc) is 2.59. The van der Waals surface area contributed by atoms with Crippen LogP contribution in [0.15, 0.2) is 0 Å². The van der Waals surface area contributed by atoms with Crippen LogP contribution in [0.1, 0.15) is 38.5 Å². The Morgan fingerprint density at radius 2 is 1.81 bits per heavy atom. The lowest BCUT2D eigenvalue weighted by Crippen LogP contribution is -2.29. The zero-order valence-corrected chi connectivity index (χ0v) is 8.98. The lowest BCUT2D eigenvalue weighted by atomic mass is 10.2. The van der Waals surface area contributed by atoms with Gasteiger partial charge in [-0.1, -0.05) is 6.42 Å². The standard InChI is InChI=1S/C10H15NO5/c12-8-5-6-9(13)11(8)7-3-1-2-4-10(14)16-15/h15H,1-7H2. The van der Waals surface area contributed by atoms with E-state index in [4.69, 9.17) is 5.26 Å². The van der Waals surface area contributed by atoms with Crippen LogP contribution < -0.4 is 0 Å². The minimum atomic E-state index is -0.659. The monoisotopic (exact) mass is 229 g/mol. The summed E-state index contributed by atoms with van der Waals surface area (Å²) in [5.41, 5.74) is 0. The molecule has 0 spiro atoms. The van der Waals surface area contributed by atoms with Gasteiger partial charge in [0.05, 0.1) is 0 Å². The maximum Gasteiger partial charge on any atom is 0.342 e. The zero-order valence-electron chi connectivity index (χ0n) is 8.98. The quantitative estimate of drug-likeness (QED) is 0.314. The third-order valence-electron chi connectivity index (χ3n) is 2.52. The van der Waals surface area contributed by atoms with Gasteiger partial charge < -0.3 is 4.89 Å². The molecule has 0 aliphatic carbocycles. The van der Waals surface area contributed by atoms with E-state index in [9.17, 15) is 14.4 Å². The summed E-state index contributed by atoms with van der Waals surface area (Å²) >= 11 is 0. The first kappa shape index (κ1) is 12.6. The van der Waals surface area contributed by atoms with Gasteiger partial charge in [-0.05, 0) is 12.8 Å². The van der Waals surface area contributed by atoms with Gasteiger partial charge in [-0.15, -0.1) is 0 Å². The van der Waals surface area contributed by atoms with Crippen molar-refractivity contribution in [1.29, 1.82) is 0 Å². The Kier molecular flexibility index (Phi) is 4.91. The predicted molar refractivity (Wildman–Crippen MR) is 53.1 cm³/mol. The van der Waals surface area contributed by atoms with E-state index >= 15 is 0 Å². The number of likely N-dealkylation sites (tertiary alicyclic amines) is 1. The number of nitrogens with zero attached hydrogens (tertiary/aromatic N) is 1. The lowest BCUT2D eigenvalue weighted by molar-refractivity contribution is -0.234. The van der Waals surface area contributed by atoms with Crippen LogP contribution in [0.3, 0.4) is 0 Å². The maximum atomic E-state index is 11.2. The number of imide groups is 1. The van der Waals surface area contributed by atoms with Crippen molar-refractivity contribution in [3.8, 4) is 0 Å². The second kappa shape index (κ2) is 6.22. The summed E-state index contributed by atoms with van der Waals surface area (Å²) in [5, 5.41) is 7.99. The van der Waals surface area contributed by atoms with E-state index in [1.54, 1.807) is 0 Å². The molecule has 90 valence electrons. The van der Waals surface area contributed by atoms with E-state index in [-0.39, 0.29) is 18.2 Å². The van der Waals surface area contributed by atoms with Gasteiger partial charge in [-0.2, -0.15) is 5.26 Å². The molecule has 16 heavy (non-hydrogen) atoms. The lowest BCUT2D eigenvalue weighted by Gasteiger charge is -2.12. The predicted octanol–water partition coefficient (Wildman–Crippen LogP) is 0.712. The fraction of sp³-hybridized carbons (Fsp3) is 0.700. The first-order chi connectivity index (χ1) is 7.65. The van der Waals surface area contributed by atoms with Crippen molar-refractivity contribution < 1.29 is 24.5 Å². The van der Waals surface area contributed by atoms with Gasteiger partial charge in [0.1, 0.15) is 0 Å². The Bertz CT molecular complexity index is 273. The van der Waals surface area contributed by atoms with Gasteiger partial charge in [-0.25, -0.2) is 4.79 Å². The summed E-state index contributed by atoms with van der Waals surface area (Å²) in [5.74, 6) is -0.882. The number of rotatable bonds is 6. The Balaban J connectivity index is 2.09. The molecule has 1 aliphatic heterocycles. The summed E-state index contributed by atoms with van der Waals surface area (Å²) in [6.45, 7) is 0.422. The minimum Gasteiger partial charge on any atom is -0.301 e. The van der Waals surface area contributed by atoms with Gasteiger partial charge in [0, 0.05) is 25.8 Å².